The highest BCUT2D eigenvalue weighted by Gasteiger charge is 2.11. The summed E-state index contributed by atoms with van der Waals surface area (Å²) in [6, 6.07) is 17.9. The quantitative estimate of drug-likeness (QED) is 0.465. The average molecular weight is 341 g/mol. The number of fused-ring (bicyclic) bond motifs is 2. The zero-order chi connectivity index (χ0) is 17.3. The van der Waals surface area contributed by atoms with Gasteiger partial charge in [-0.1, -0.05) is 42.5 Å². The highest BCUT2D eigenvalue weighted by atomic mass is 15.1. The van der Waals surface area contributed by atoms with Crippen molar-refractivity contribution in [2.75, 3.05) is 5.32 Å². The Morgan fingerprint density at radius 2 is 1.69 bits per heavy atom. The van der Waals surface area contributed by atoms with Gasteiger partial charge >= 0.3 is 0 Å². The maximum Gasteiger partial charge on any atom is 0.183 e. The standard InChI is InChI=1S/C19H15N7/c1-2-6-12(7-3-1)17-25-16-18(21-11-22-19(16)26-17)20-10-15-23-13-8-4-5-9-14(13)24-15/h1-9,11H,10H2,(H,23,24)(H2,20,21,22,25,26). The number of imidazole rings is 2. The highest BCUT2D eigenvalue weighted by molar-refractivity contribution is 5.85. The summed E-state index contributed by atoms with van der Waals surface area (Å²) in [6.07, 6.45) is 1.51. The van der Waals surface area contributed by atoms with Crippen LogP contribution in [-0.4, -0.2) is 29.9 Å². The number of para-hydroxylation sites is 2. The molecule has 0 fully saturated rings. The van der Waals surface area contributed by atoms with Gasteiger partial charge in [-0.15, -0.1) is 0 Å². The molecule has 0 unspecified atom stereocenters. The summed E-state index contributed by atoms with van der Waals surface area (Å²) in [7, 11) is 0. The molecule has 2 aromatic carbocycles. The zero-order valence-corrected chi connectivity index (χ0v) is 13.8. The minimum atomic E-state index is 0.528. The first-order valence-corrected chi connectivity index (χ1v) is 8.30. The molecule has 0 aliphatic heterocycles. The van der Waals surface area contributed by atoms with Crippen molar-refractivity contribution in [3.8, 4) is 11.4 Å². The lowest BCUT2D eigenvalue weighted by Gasteiger charge is -2.03. The van der Waals surface area contributed by atoms with E-state index < -0.39 is 0 Å². The first-order valence-electron chi connectivity index (χ1n) is 8.30. The maximum atomic E-state index is 4.57. The molecule has 5 aromatic rings. The zero-order valence-electron chi connectivity index (χ0n) is 13.8. The topological polar surface area (TPSA) is 95.2 Å². The summed E-state index contributed by atoms with van der Waals surface area (Å²) in [6.45, 7) is 0.528. The van der Waals surface area contributed by atoms with E-state index in [1.807, 2.05) is 54.6 Å². The molecular weight excluding hydrogens is 326 g/mol. The van der Waals surface area contributed by atoms with Crippen LogP contribution in [0.5, 0.6) is 0 Å². The molecular formula is C19H15N7. The molecule has 0 amide bonds. The average Bonchev–Trinajstić information content (AvgIpc) is 3.31. The molecule has 126 valence electrons. The number of hydrogen-bond acceptors (Lipinski definition) is 5. The van der Waals surface area contributed by atoms with Crippen LogP contribution in [0, 0.1) is 0 Å². The van der Waals surface area contributed by atoms with Crippen LogP contribution in [0.3, 0.4) is 0 Å². The molecule has 26 heavy (non-hydrogen) atoms. The molecule has 3 heterocycles. The lowest BCUT2D eigenvalue weighted by atomic mass is 10.2. The molecule has 7 heteroatoms. The normalized spacial score (nSPS) is 11.2. The number of hydrogen-bond donors (Lipinski definition) is 3. The number of aromatic amines is 2. The monoisotopic (exact) mass is 341 g/mol. The van der Waals surface area contributed by atoms with Gasteiger partial charge in [-0.05, 0) is 12.1 Å². The van der Waals surface area contributed by atoms with Crippen molar-refractivity contribution in [2.45, 2.75) is 6.54 Å². The van der Waals surface area contributed by atoms with E-state index in [1.165, 1.54) is 6.33 Å². The lowest BCUT2D eigenvalue weighted by molar-refractivity contribution is 0.996. The molecule has 3 aromatic heterocycles. The SMILES string of the molecule is c1ccc(-c2nc3ncnc(NCc4nc5ccccc5[nH]4)c3[nH]2)cc1. The van der Waals surface area contributed by atoms with E-state index in [4.69, 9.17) is 0 Å². The first-order chi connectivity index (χ1) is 12.9. The van der Waals surface area contributed by atoms with Gasteiger partial charge in [0.15, 0.2) is 11.5 Å². The van der Waals surface area contributed by atoms with E-state index in [2.05, 4.69) is 35.2 Å². The first kappa shape index (κ1) is 14.6. The van der Waals surface area contributed by atoms with Gasteiger partial charge in [0.05, 0.1) is 17.6 Å². The summed E-state index contributed by atoms with van der Waals surface area (Å²) < 4.78 is 0. The number of aromatic nitrogens is 6. The maximum absolute atomic E-state index is 4.57. The molecule has 0 bridgehead atoms. The second-order valence-electron chi connectivity index (χ2n) is 5.93. The van der Waals surface area contributed by atoms with E-state index in [-0.39, 0.29) is 0 Å². The van der Waals surface area contributed by atoms with Crippen LogP contribution in [0.1, 0.15) is 5.82 Å². The number of nitrogens with one attached hydrogen (secondary N) is 3. The Hall–Kier alpha value is -3.74. The fourth-order valence-electron chi connectivity index (χ4n) is 2.95. The Bertz CT molecular complexity index is 1160. The van der Waals surface area contributed by atoms with Crippen molar-refractivity contribution in [2.24, 2.45) is 0 Å². The summed E-state index contributed by atoms with van der Waals surface area (Å²) in [4.78, 5) is 24.4. The summed E-state index contributed by atoms with van der Waals surface area (Å²) in [5, 5.41) is 3.31. The van der Waals surface area contributed by atoms with Crippen LogP contribution in [0.25, 0.3) is 33.6 Å². The Balaban J connectivity index is 1.46. The molecule has 0 radical (unpaired) electrons. The van der Waals surface area contributed by atoms with Crippen molar-refractivity contribution in [1.29, 1.82) is 0 Å². The Kier molecular flexibility index (Phi) is 3.35. The summed E-state index contributed by atoms with van der Waals surface area (Å²) in [5.74, 6) is 2.32. The van der Waals surface area contributed by atoms with Crippen LogP contribution in [0.2, 0.25) is 0 Å². The molecule has 0 saturated heterocycles. The molecule has 5 rings (SSSR count). The van der Waals surface area contributed by atoms with Crippen molar-refractivity contribution in [3.63, 3.8) is 0 Å². The fraction of sp³-hybridized carbons (Fsp3) is 0.0526. The van der Waals surface area contributed by atoms with Gasteiger partial charge in [-0.3, -0.25) is 0 Å². The van der Waals surface area contributed by atoms with Crippen molar-refractivity contribution < 1.29 is 0 Å². The molecule has 3 N–H and O–H groups in total. The van der Waals surface area contributed by atoms with E-state index in [0.717, 1.165) is 33.8 Å². The van der Waals surface area contributed by atoms with Gasteiger partial charge in [0, 0.05) is 5.56 Å². The van der Waals surface area contributed by atoms with E-state index in [1.54, 1.807) is 0 Å². The number of anilines is 1. The molecule has 0 spiro atoms. The highest BCUT2D eigenvalue weighted by Crippen LogP contribution is 2.23. The largest absolute Gasteiger partial charge is 0.361 e. The van der Waals surface area contributed by atoms with Crippen molar-refractivity contribution >= 4 is 28.0 Å². The smallest absolute Gasteiger partial charge is 0.183 e. The second-order valence-corrected chi connectivity index (χ2v) is 5.93. The molecule has 0 atom stereocenters. The van der Waals surface area contributed by atoms with Crippen LogP contribution in [-0.2, 0) is 6.54 Å². The summed E-state index contributed by atoms with van der Waals surface area (Å²) >= 11 is 0. The lowest BCUT2D eigenvalue weighted by Crippen LogP contribution is -2.04. The van der Waals surface area contributed by atoms with Gasteiger partial charge in [0.2, 0.25) is 0 Å². The molecule has 7 nitrogen and oxygen atoms in total. The summed E-state index contributed by atoms with van der Waals surface area (Å²) in [5.41, 5.74) is 4.39. The Labute approximate surface area is 148 Å². The molecule has 0 aliphatic rings. The Morgan fingerprint density at radius 3 is 2.58 bits per heavy atom. The van der Waals surface area contributed by atoms with E-state index in [0.29, 0.717) is 18.0 Å². The second kappa shape index (κ2) is 5.96. The number of H-pyrrole nitrogens is 2. The van der Waals surface area contributed by atoms with Crippen LogP contribution in [0.4, 0.5) is 5.82 Å². The van der Waals surface area contributed by atoms with Crippen LogP contribution < -0.4 is 5.32 Å². The third kappa shape index (κ3) is 2.55. The van der Waals surface area contributed by atoms with Gasteiger partial charge in [0.25, 0.3) is 0 Å². The molecule has 0 aliphatic carbocycles. The van der Waals surface area contributed by atoms with Crippen molar-refractivity contribution in [3.05, 3.63) is 66.7 Å². The van der Waals surface area contributed by atoms with Gasteiger partial charge < -0.3 is 15.3 Å². The number of rotatable bonds is 4. The predicted octanol–water partition coefficient (Wildman–Crippen LogP) is 3.51. The molecule has 0 saturated carbocycles. The predicted molar refractivity (Wildman–Crippen MR) is 101 cm³/mol. The fourth-order valence-corrected chi connectivity index (χ4v) is 2.95. The number of benzene rings is 2. The minimum absolute atomic E-state index is 0.528. The van der Waals surface area contributed by atoms with Gasteiger partial charge in [0.1, 0.15) is 23.5 Å². The van der Waals surface area contributed by atoms with Crippen molar-refractivity contribution in [1.82, 2.24) is 29.9 Å². The Morgan fingerprint density at radius 1 is 0.846 bits per heavy atom. The van der Waals surface area contributed by atoms with Gasteiger partial charge in [-0.2, -0.15) is 0 Å². The third-order valence-corrected chi connectivity index (χ3v) is 4.20. The number of nitrogens with zero attached hydrogens (tertiary/aromatic N) is 4. The van der Waals surface area contributed by atoms with E-state index >= 15 is 0 Å². The van der Waals surface area contributed by atoms with Gasteiger partial charge in [-0.25, -0.2) is 19.9 Å². The van der Waals surface area contributed by atoms with Crippen LogP contribution >= 0.6 is 0 Å². The van der Waals surface area contributed by atoms with Crippen LogP contribution in [0.15, 0.2) is 60.9 Å². The van der Waals surface area contributed by atoms with E-state index in [9.17, 15) is 0 Å². The minimum Gasteiger partial charge on any atom is -0.361 e. The third-order valence-electron chi connectivity index (χ3n) is 4.20.